The summed E-state index contributed by atoms with van der Waals surface area (Å²) in [7, 11) is 1.53. The van der Waals surface area contributed by atoms with Crippen molar-refractivity contribution < 1.29 is 19.4 Å². The maximum absolute atomic E-state index is 12.1. The lowest BCUT2D eigenvalue weighted by Gasteiger charge is -2.11. The topological polar surface area (TPSA) is 88.5 Å². The van der Waals surface area contributed by atoms with Gasteiger partial charge in [-0.25, -0.2) is 9.78 Å². The number of amides is 1. The Morgan fingerprint density at radius 3 is 2.83 bits per heavy atom. The quantitative estimate of drug-likeness (QED) is 0.791. The van der Waals surface area contributed by atoms with Gasteiger partial charge in [-0.2, -0.15) is 0 Å². The summed E-state index contributed by atoms with van der Waals surface area (Å²) >= 11 is 1.08. The number of aryl methyl sites for hydroxylation is 1. The van der Waals surface area contributed by atoms with E-state index in [2.05, 4.69) is 10.3 Å². The maximum atomic E-state index is 12.1. The first kappa shape index (κ1) is 16.8. The van der Waals surface area contributed by atoms with E-state index < -0.39 is 5.97 Å². The Morgan fingerprint density at radius 2 is 2.13 bits per heavy atom. The number of hydrogen-bond acceptors (Lipinski definition) is 5. The van der Waals surface area contributed by atoms with Crippen molar-refractivity contribution >= 4 is 29.3 Å². The number of carboxylic acids is 1. The van der Waals surface area contributed by atoms with Gasteiger partial charge in [-0.15, -0.1) is 0 Å². The van der Waals surface area contributed by atoms with Crippen LogP contribution in [0.1, 0.15) is 15.9 Å². The molecule has 7 heteroatoms. The van der Waals surface area contributed by atoms with Gasteiger partial charge in [0, 0.05) is 6.20 Å². The summed E-state index contributed by atoms with van der Waals surface area (Å²) in [6.07, 6.45) is 1.50. The zero-order valence-corrected chi connectivity index (χ0v) is 13.5. The van der Waals surface area contributed by atoms with Crippen molar-refractivity contribution in [2.75, 3.05) is 18.2 Å². The first-order valence-corrected chi connectivity index (χ1v) is 7.75. The van der Waals surface area contributed by atoms with Crippen LogP contribution in [-0.2, 0) is 4.79 Å². The number of benzene rings is 1. The van der Waals surface area contributed by atoms with Crippen LogP contribution < -0.4 is 10.1 Å². The molecule has 0 spiro atoms. The highest BCUT2D eigenvalue weighted by Gasteiger charge is 2.14. The van der Waals surface area contributed by atoms with E-state index in [4.69, 9.17) is 9.84 Å². The van der Waals surface area contributed by atoms with Crippen molar-refractivity contribution in [3.63, 3.8) is 0 Å². The molecule has 6 nitrogen and oxygen atoms in total. The minimum Gasteiger partial charge on any atom is -0.495 e. The monoisotopic (exact) mass is 332 g/mol. The first-order valence-electron chi connectivity index (χ1n) is 6.77. The maximum Gasteiger partial charge on any atom is 0.338 e. The number of nitrogens with zero attached hydrogens (tertiary/aromatic N) is 1. The highest BCUT2D eigenvalue weighted by atomic mass is 32.2. The van der Waals surface area contributed by atoms with E-state index in [0.717, 1.165) is 17.3 Å². The second-order valence-corrected chi connectivity index (χ2v) is 5.67. The van der Waals surface area contributed by atoms with Crippen molar-refractivity contribution in [1.29, 1.82) is 0 Å². The molecular formula is C16H16N2O4S. The number of aromatic carboxylic acids is 1. The Hall–Kier alpha value is -2.54. The van der Waals surface area contributed by atoms with Gasteiger partial charge in [0.05, 0.1) is 24.1 Å². The van der Waals surface area contributed by atoms with E-state index in [1.165, 1.54) is 19.4 Å². The summed E-state index contributed by atoms with van der Waals surface area (Å²) in [5, 5.41) is 12.2. The van der Waals surface area contributed by atoms with Gasteiger partial charge in [-0.3, -0.25) is 4.79 Å². The van der Waals surface area contributed by atoms with Gasteiger partial charge in [-0.05, 0) is 36.8 Å². The van der Waals surface area contributed by atoms with E-state index in [-0.39, 0.29) is 17.2 Å². The summed E-state index contributed by atoms with van der Waals surface area (Å²) < 4.78 is 5.20. The smallest absolute Gasteiger partial charge is 0.338 e. The Morgan fingerprint density at radius 1 is 1.35 bits per heavy atom. The minimum atomic E-state index is -1.07. The van der Waals surface area contributed by atoms with Gasteiger partial charge in [0.1, 0.15) is 10.8 Å². The number of pyridine rings is 1. The van der Waals surface area contributed by atoms with Crippen molar-refractivity contribution in [1.82, 2.24) is 4.98 Å². The number of rotatable bonds is 6. The number of nitrogens with one attached hydrogen (secondary N) is 1. The molecule has 1 heterocycles. The van der Waals surface area contributed by atoms with Crippen LogP contribution in [-0.4, -0.2) is 34.8 Å². The Labute approximate surface area is 137 Å². The molecule has 0 saturated carbocycles. The summed E-state index contributed by atoms with van der Waals surface area (Å²) in [6.45, 7) is 1.91. The number of hydrogen-bond donors (Lipinski definition) is 2. The third-order valence-electron chi connectivity index (χ3n) is 2.97. The number of aromatic nitrogens is 1. The van der Waals surface area contributed by atoms with E-state index in [1.54, 1.807) is 12.1 Å². The van der Waals surface area contributed by atoms with E-state index >= 15 is 0 Å². The molecule has 0 aliphatic carbocycles. The van der Waals surface area contributed by atoms with Crippen LogP contribution in [0.15, 0.2) is 41.6 Å². The zero-order valence-electron chi connectivity index (χ0n) is 12.7. The molecule has 0 aliphatic rings. The molecule has 2 N–H and O–H groups in total. The third-order valence-corrected chi connectivity index (χ3v) is 3.98. The van der Waals surface area contributed by atoms with Crippen molar-refractivity contribution in [3.05, 3.63) is 47.7 Å². The molecule has 0 saturated heterocycles. The highest BCUT2D eigenvalue weighted by molar-refractivity contribution is 8.00. The average Bonchev–Trinajstić information content (AvgIpc) is 2.53. The molecule has 0 bridgehead atoms. The number of anilines is 1. The number of ether oxygens (including phenoxy) is 1. The van der Waals surface area contributed by atoms with Gasteiger partial charge >= 0.3 is 5.97 Å². The zero-order chi connectivity index (χ0) is 16.8. The molecule has 0 aliphatic heterocycles. The van der Waals surface area contributed by atoms with Crippen LogP contribution >= 0.6 is 11.8 Å². The lowest BCUT2D eigenvalue weighted by molar-refractivity contribution is -0.113. The second kappa shape index (κ2) is 7.64. The molecule has 0 unspecified atom stereocenters. The second-order valence-electron chi connectivity index (χ2n) is 4.70. The van der Waals surface area contributed by atoms with Crippen molar-refractivity contribution in [2.45, 2.75) is 11.9 Å². The lowest BCUT2D eigenvalue weighted by Crippen LogP contribution is -2.15. The van der Waals surface area contributed by atoms with Crippen LogP contribution in [0.5, 0.6) is 5.75 Å². The molecule has 2 aromatic rings. The molecule has 2 rings (SSSR count). The summed E-state index contributed by atoms with van der Waals surface area (Å²) in [5.74, 6) is -0.714. The summed E-state index contributed by atoms with van der Waals surface area (Å²) in [5.41, 5.74) is 1.66. The fraction of sp³-hybridized carbons (Fsp3) is 0.188. The van der Waals surface area contributed by atoms with Gasteiger partial charge in [0.25, 0.3) is 0 Å². The first-order chi connectivity index (χ1) is 11.0. The molecule has 0 atom stereocenters. The van der Waals surface area contributed by atoms with Crippen LogP contribution in [0.3, 0.4) is 0 Å². The fourth-order valence-corrected chi connectivity index (χ4v) is 2.69. The van der Waals surface area contributed by atoms with E-state index in [9.17, 15) is 9.59 Å². The van der Waals surface area contributed by atoms with Gasteiger partial charge in [-0.1, -0.05) is 17.8 Å². The van der Waals surface area contributed by atoms with E-state index in [0.29, 0.717) is 16.5 Å². The Balaban J connectivity index is 2.04. The van der Waals surface area contributed by atoms with Crippen LogP contribution in [0.4, 0.5) is 5.69 Å². The fourth-order valence-electron chi connectivity index (χ4n) is 1.91. The predicted octanol–water partition coefficient (Wildman–Crippen LogP) is 2.83. The minimum absolute atomic E-state index is 0.0500. The molecule has 0 radical (unpaired) electrons. The number of carboxylic acid groups (broad SMARTS) is 1. The summed E-state index contributed by atoms with van der Waals surface area (Å²) in [6, 6.07) is 8.48. The molecule has 23 heavy (non-hydrogen) atoms. The van der Waals surface area contributed by atoms with Gasteiger partial charge in [0.2, 0.25) is 5.91 Å². The molecule has 120 valence electrons. The number of carbonyl (C=O) groups excluding carboxylic acids is 1. The molecule has 1 amide bonds. The van der Waals surface area contributed by atoms with Crippen LogP contribution in [0.2, 0.25) is 0 Å². The summed E-state index contributed by atoms with van der Waals surface area (Å²) in [4.78, 5) is 27.2. The standard InChI is InChI=1S/C16H16N2O4S/c1-10-5-6-13(22-2)12(8-10)18-14(19)9-23-15-11(16(20)21)4-3-7-17-15/h3-8H,9H2,1-2H3,(H,18,19)(H,20,21). The molecule has 0 fully saturated rings. The molecular weight excluding hydrogens is 316 g/mol. The van der Waals surface area contributed by atoms with Gasteiger partial charge in [0.15, 0.2) is 0 Å². The SMILES string of the molecule is COc1ccc(C)cc1NC(=O)CSc1ncccc1C(=O)O. The van der Waals surface area contributed by atoms with Crippen LogP contribution in [0, 0.1) is 6.92 Å². The Bertz CT molecular complexity index is 734. The van der Waals surface area contributed by atoms with Crippen molar-refractivity contribution in [3.8, 4) is 5.75 Å². The largest absolute Gasteiger partial charge is 0.495 e. The average molecular weight is 332 g/mol. The molecule has 1 aromatic carbocycles. The third kappa shape index (κ3) is 4.46. The normalized spacial score (nSPS) is 10.2. The molecule has 1 aromatic heterocycles. The lowest BCUT2D eigenvalue weighted by atomic mass is 10.2. The van der Waals surface area contributed by atoms with Crippen molar-refractivity contribution in [2.24, 2.45) is 0 Å². The highest BCUT2D eigenvalue weighted by Crippen LogP contribution is 2.26. The number of thioether (sulfide) groups is 1. The van der Waals surface area contributed by atoms with E-state index in [1.807, 2.05) is 19.1 Å². The predicted molar refractivity (Wildman–Crippen MR) is 88.3 cm³/mol. The number of methoxy groups -OCH3 is 1. The van der Waals surface area contributed by atoms with Crippen LogP contribution in [0.25, 0.3) is 0 Å². The Kier molecular flexibility index (Phi) is 5.59. The van der Waals surface area contributed by atoms with Gasteiger partial charge < -0.3 is 15.2 Å². The number of carbonyl (C=O) groups is 2.